The zero-order chi connectivity index (χ0) is 15.6. The minimum Gasteiger partial charge on any atom is -0.478 e. The molecule has 5 heteroatoms. The lowest BCUT2D eigenvalue weighted by Crippen LogP contribution is -2.54. The van der Waals surface area contributed by atoms with Crippen molar-refractivity contribution in [2.45, 2.75) is 38.9 Å². The SMILES string of the molecule is CC1CN(C(=O)Cc2cccc(C(=O)O)c2)CC(C)(C)O1. The molecule has 0 aliphatic carbocycles. The first-order valence-corrected chi connectivity index (χ1v) is 7.05. The summed E-state index contributed by atoms with van der Waals surface area (Å²) in [6.07, 6.45) is 0.215. The van der Waals surface area contributed by atoms with Crippen molar-refractivity contribution in [2.24, 2.45) is 0 Å². The predicted octanol–water partition coefficient (Wildman–Crippen LogP) is 1.95. The van der Waals surface area contributed by atoms with Gasteiger partial charge in [0.1, 0.15) is 0 Å². The quantitative estimate of drug-likeness (QED) is 0.924. The smallest absolute Gasteiger partial charge is 0.335 e. The predicted molar refractivity (Wildman–Crippen MR) is 78.3 cm³/mol. The third-order valence-corrected chi connectivity index (χ3v) is 3.45. The van der Waals surface area contributed by atoms with Gasteiger partial charge in [-0.25, -0.2) is 4.79 Å². The van der Waals surface area contributed by atoms with Gasteiger partial charge >= 0.3 is 5.97 Å². The first-order valence-electron chi connectivity index (χ1n) is 7.05. The minimum absolute atomic E-state index is 0.000707. The van der Waals surface area contributed by atoms with Crippen LogP contribution < -0.4 is 0 Å². The van der Waals surface area contributed by atoms with Crippen LogP contribution in [0.3, 0.4) is 0 Å². The molecule has 0 bridgehead atoms. The van der Waals surface area contributed by atoms with E-state index in [9.17, 15) is 9.59 Å². The van der Waals surface area contributed by atoms with Crippen molar-refractivity contribution in [1.29, 1.82) is 0 Å². The van der Waals surface area contributed by atoms with Crippen LogP contribution in [0, 0.1) is 0 Å². The summed E-state index contributed by atoms with van der Waals surface area (Å²) in [6, 6.07) is 6.52. The third kappa shape index (κ3) is 4.04. The summed E-state index contributed by atoms with van der Waals surface area (Å²) in [5.74, 6) is -0.980. The standard InChI is InChI=1S/C16H21NO4/c1-11-9-17(10-16(2,3)21-11)14(18)8-12-5-4-6-13(7-12)15(19)20/h4-7,11H,8-10H2,1-3H3,(H,19,20). The molecule has 0 aromatic heterocycles. The lowest BCUT2D eigenvalue weighted by atomic mass is 10.0. The molecule has 1 aliphatic heterocycles. The number of ether oxygens (including phenoxy) is 1. The molecule has 0 radical (unpaired) electrons. The minimum atomic E-state index is -0.981. The van der Waals surface area contributed by atoms with E-state index in [1.54, 1.807) is 23.1 Å². The van der Waals surface area contributed by atoms with Gasteiger partial charge in [-0.05, 0) is 38.5 Å². The number of amides is 1. The molecule has 1 atom stereocenters. The van der Waals surface area contributed by atoms with E-state index in [1.807, 2.05) is 20.8 Å². The molecule has 1 aromatic carbocycles. The largest absolute Gasteiger partial charge is 0.478 e. The third-order valence-electron chi connectivity index (χ3n) is 3.45. The number of carboxylic acids is 1. The van der Waals surface area contributed by atoms with Crippen LogP contribution in [-0.4, -0.2) is 46.7 Å². The average molecular weight is 291 g/mol. The number of hydrogen-bond acceptors (Lipinski definition) is 3. The number of carboxylic acid groups (broad SMARTS) is 1. The van der Waals surface area contributed by atoms with Gasteiger partial charge in [-0.2, -0.15) is 0 Å². The number of rotatable bonds is 3. The lowest BCUT2D eigenvalue weighted by Gasteiger charge is -2.41. The van der Waals surface area contributed by atoms with Crippen molar-refractivity contribution < 1.29 is 19.4 Å². The molecule has 1 aromatic rings. The second kappa shape index (κ2) is 5.85. The van der Waals surface area contributed by atoms with Crippen LogP contribution >= 0.6 is 0 Å². The van der Waals surface area contributed by atoms with Gasteiger partial charge in [-0.3, -0.25) is 4.79 Å². The van der Waals surface area contributed by atoms with Gasteiger partial charge in [-0.15, -0.1) is 0 Å². The Morgan fingerprint density at radius 1 is 1.43 bits per heavy atom. The van der Waals surface area contributed by atoms with E-state index >= 15 is 0 Å². The van der Waals surface area contributed by atoms with Crippen molar-refractivity contribution in [3.63, 3.8) is 0 Å². The summed E-state index contributed by atoms with van der Waals surface area (Å²) in [5, 5.41) is 8.98. The number of nitrogens with zero attached hydrogens (tertiary/aromatic N) is 1. The first-order chi connectivity index (χ1) is 9.77. The molecule has 1 fully saturated rings. The zero-order valence-corrected chi connectivity index (χ0v) is 12.6. The molecule has 1 unspecified atom stereocenters. The molecule has 0 spiro atoms. The molecule has 21 heavy (non-hydrogen) atoms. The van der Waals surface area contributed by atoms with E-state index < -0.39 is 5.97 Å². The summed E-state index contributed by atoms with van der Waals surface area (Å²) in [4.78, 5) is 25.2. The maximum Gasteiger partial charge on any atom is 0.335 e. The van der Waals surface area contributed by atoms with Crippen LogP contribution in [0.4, 0.5) is 0 Å². The van der Waals surface area contributed by atoms with Gasteiger partial charge in [-0.1, -0.05) is 12.1 Å². The van der Waals surface area contributed by atoms with Gasteiger partial charge in [0.15, 0.2) is 0 Å². The van der Waals surface area contributed by atoms with E-state index in [4.69, 9.17) is 9.84 Å². The van der Waals surface area contributed by atoms with E-state index in [0.717, 1.165) is 5.56 Å². The number of carbonyl (C=O) groups excluding carboxylic acids is 1. The van der Waals surface area contributed by atoms with Crippen LogP contribution in [0.25, 0.3) is 0 Å². The maximum atomic E-state index is 12.4. The first kappa shape index (κ1) is 15.5. The highest BCUT2D eigenvalue weighted by atomic mass is 16.5. The monoisotopic (exact) mass is 291 g/mol. The van der Waals surface area contributed by atoms with Crippen molar-refractivity contribution >= 4 is 11.9 Å². The molecular weight excluding hydrogens is 270 g/mol. The van der Waals surface area contributed by atoms with Crippen LogP contribution in [0.2, 0.25) is 0 Å². The topological polar surface area (TPSA) is 66.8 Å². The number of carbonyl (C=O) groups is 2. The van der Waals surface area contributed by atoms with Crippen LogP contribution in [0.1, 0.15) is 36.7 Å². The summed E-state index contributed by atoms with van der Waals surface area (Å²) in [5.41, 5.74) is 0.573. The van der Waals surface area contributed by atoms with Crippen LogP contribution in [0.15, 0.2) is 24.3 Å². The Kier molecular flexibility index (Phi) is 4.32. The second-order valence-corrected chi connectivity index (χ2v) is 6.14. The van der Waals surface area contributed by atoms with Gasteiger partial charge in [0.25, 0.3) is 0 Å². The van der Waals surface area contributed by atoms with E-state index in [1.165, 1.54) is 6.07 Å². The molecule has 114 valence electrons. The Morgan fingerprint density at radius 3 is 2.76 bits per heavy atom. The highest BCUT2D eigenvalue weighted by Gasteiger charge is 2.33. The number of morpholine rings is 1. The molecule has 0 saturated carbocycles. The highest BCUT2D eigenvalue weighted by Crippen LogP contribution is 2.21. The van der Waals surface area contributed by atoms with E-state index in [2.05, 4.69) is 0 Å². The number of aromatic carboxylic acids is 1. The van der Waals surface area contributed by atoms with Crippen LogP contribution in [0.5, 0.6) is 0 Å². The summed E-state index contributed by atoms with van der Waals surface area (Å²) in [7, 11) is 0. The van der Waals surface area contributed by atoms with Crippen molar-refractivity contribution in [3.8, 4) is 0 Å². The molecular formula is C16H21NO4. The average Bonchev–Trinajstić information content (AvgIpc) is 2.36. The van der Waals surface area contributed by atoms with Crippen LogP contribution in [-0.2, 0) is 16.0 Å². The molecule has 1 heterocycles. The van der Waals surface area contributed by atoms with E-state index in [-0.39, 0.29) is 29.6 Å². The molecule has 1 aliphatic rings. The Bertz CT molecular complexity index is 553. The Morgan fingerprint density at radius 2 is 2.14 bits per heavy atom. The summed E-state index contributed by atoms with van der Waals surface area (Å²) >= 11 is 0. The fourth-order valence-corrected chi connectivity index (χ4v) is 2.74. The number of benzene rings is 1. The molecule has 5 nitrogen and oxygen atoms in total. The van der Waals surface area contributed by atoms with Gasteiger partial charge in [0, 0.05) is 13.1 Å². The highest BCUT2D eigenvalue weighted by molar-refractivity contribution is 5.88. The van der Waals surface area contributed by atoms with Gasteiger partial charge in [0.05, 0.1) is 23.7 Å². The fraction of sp³-hybridized carbons (Fsp3) is 0.500. The molecule has 2 rings (SSSR count). The Balaban J connectivity index is 2.07. The van der Waals surface area contributed by atoms with Gasteiger partial charge in [0.2, 0.25) is 5.91 Å². The zero-order valence-electron chi connectivity index (χ0n) is 12.6. The van der Waals surface area contributed by atoms with Crippen molar-refractivity contribution in [2.75, 3.05) is 13.1 Å². The Hall–Kier alpha value is -1.88. The second-order valence-electron chi connectivity index (χ2n) is 6.14. The fourth-order valence-electron chi connectivity index (χ4n) is 2.74. The molecule has 1 N–H and O–H groups in total. The summed E-state index contributed by atoms with van der Waals surface area (Å²) in [6.45, 7) is 7.00. The van der Waals surface area contributed by atoms with E-state index in [0.29, 0.717) is 13.1 Å². The van der Waals surface area contributed by atoms with Crippen molar-refractivity contribution in [3.05, 3.63) is 35.4 Å². The van der Waals surface area contributed by atoms with Gasteiger partial charge < -0.3 is 14.7 Å². The molecule has 1 saturated heterocycles. The van der Waals surface area contributed by atoms with Crippen molar-refractivity contribution in [1.82, 2.24) is 4.90 Å². The normalized spacial score (nSPS) is 21.1. The maximum absolute atomic E-state index is 12.4. The summed E-state index contributed by atoms with van der Waals surface area (Å²) < 4.78 is 5.78. The lowest BCUT2D eigenvalue weighted by molar-refractivity contribution is -0.157. The number of hydrogen-bond donors (Lipinski definition) is 1. The molecule has 1 amide bonds. The Labute approximate surface area is 124 Å².